The number of pyridine rings is 1. The Balaban J connectivity index is 1.39. The van der Waals surface area contributed by atoms with E-state index in [1.807, 2.05) is 52.0 Å². The summed E-state index contributed by atoms with van der Waals surface area (Å²) < 4.78 is 16.2. The fraction of sp³-hybridized carbons (Fsp3) is 0.438. The molecule has 5 rings (SSSR count). The molecule has 40 heavy (non-hydrogen) atoms. The first kappa shape index (κ1) is 27.9. The summed E-state index contributed by atoms with van der Waals surface area (Å²) in [6, 6.07) is 15.4. The highest BCUT2D eigenvalue weighted by Gasteiger charge is 2.50. The number of aromatic nitrogens is 1. The second-order valence-corrected chi connectivity index (χ2v) is 12.4. The summed E-state index contributed by atoms with van der Waals surface area (Å²) in [7, 11) is 0. The Hall–Kier alpha value is -3.67. The number of nitriles is 1. The van der Waals surface area contributed by atoms with Gasteiger partial charge in [-0.15, -0.1) is 0 Å². The molecule has 2 saturated heterocycles. The van der Waals surface area contributed by atoms with Gasteiger partial charge in [0.05, 0.1) is 28.5 Å². The van der Waals surface area contributed by atoms with E-state index in [2.05, 4.69) is 21.3 Å². The molecule has 0 aliphatic carbocycles. The topological polar surface area (TPSA) is 106 Å². The second-order valence-electron chi connectivity index (χ2n) is 12.4. The van der Waals surface area contributed by atoms with Crippen molar-refractivity contribution in [3.8, 4) is 6.07 Å². The molecule has 2 aliphatic rings. The molecular formula is C32H35FN4O3. The summed E-state index contributed by atoms with van der Waals surface area (Å²) in [5, 5.41) is 24.0. The van der Waals surface area contributed by atoms with Gasteiger partial charge in [-0.2, -0.15) is 5.26 Å². The van der Waals surface area contributed by atoms with Crippen LogP contribution in [0.25, 0.3) is 10.9 Å². The summed E-state index contributed by atoms with van der Waals surface area (Å²) in [5.74, 6) is -1.80. The van der Waals surface area contributed by atoms with Crippen molar-refractivity contribution in [2.75, 3.05) is 13.1 Å². The third-order valence-corrected chi connectivity index (χ3v) is 8.80. The Morgan fingerprint density at radius 3 is 2.58 bits per heavy atom. The van der Waals surface area contributed by atoms with E-state index in [-0.39, 0.29) is 23.3 Å². The standard InChI is InChI=1S/C32H35FN4O3/c1-30(2,18-34)22-7-5-20(6-8-22)17-37-14-13-32(40,31(3,4)19-37)25-10-11-26-24(28(25)33)15-21(16-35-26)23-9-12-27(38)36-29(23)39/h5-8,10-11,15-16,23,40H,9,12-14,17,19H2,1-4H3,(H,36,38,39). The van der Waals surface area contributed by atoms with Crippen molar-refractivity contribution >= 4 is 22.7 Å². The van der Waals surface area contributed by atoms with Gasteiger partial charge in [-0.1, -0.05) is 44.2 Å². The third kappa shape index (κ3) is 4.89. The molecule has 0 bridgehead atoms. The predicted molar refractivity (Wildman–Crippen MR) is 149 cm³/mol. The average Bonchev–Trinajstić information content (AvgIpc) is 2.91. The van der Waals surface area contributed by atoms with Gasteiger partial charge in [0, 0.05) is 48.6 Å². The molecule has 208 valence electrons. The number of piperidine rings is 2. The smallest absolute Gasteiger partial charge is 0.234 e. The molecule has 2 aromatic carbocycles. The zero-order chi connectivity index (χ0) is 28.9. The largest absolute Gasteiger partial charge is 0.384 e. The van der Waals surface area contributed by atoms with Gasteiger partial charge < -0.3 is 5.11 Å². The average molecular weight is 543 g/mol. The van der Waals surface area contributed by atoms with E-state index in [4.69, 9.17) is 0 Å². The van der Waals surface area contributed by atoms with Crippen molar-refractivity contribution in [1.82, 2.24) is 15.2 Å². The SMILES string of the molecule is CC(C)(C#N)c1ccc(CN2CCC(O)(c3ccc4ncc(C5CCC(=O)NC5=O)cc4c3F)C(C)(C)C2)cc1. The zero-order valence-electron chi connectivity index (χ0n) is 23.4. The van der Waals surface area contributed by atoms with Gasteiger partial charge in [0.2, 0.25) is 11.8 Å². The summed E-state index contributed by atoms with van der Waals surface area (Å²) in [5.41, 5.74) is 0.679. The van der Waals surface area contributed by atoms with Crippen LogP contribution in [0.5, 0.6) is 0 Å². The number of amides is 2. The van der Waals surface area contributed by atoms with Crippen LogP contribution < -0.4 is 5.32 Å². The van der Waals surface area contributed by atoms with E-state index >= 15 is 4.39 Å². The van der Waals surface area contributed by atoms with Crippen LogP contribution in [0, 0.1) is 22.6 Å². The van der Waals surface area contributed by atoms with Crippen molar-refractivity contribution in [3.05, 3.63) is 76.7 Å². The number of nitrogens with zero attached hydrogens (tertiary/aromatic N) is 3. The maximum Gasteiger partial charge on any atom is 0.234 e. The van der Waals surface area contributed by atoms with Crippen molar-refractivity contribution in [1.29, 1.82) is 5.26 Å². The molecule has 2 atom stereocenters. The summed E-state index contributed by atoms with van der Waals surface area (Å²) in [6.07, 6.45) is 2.49. The lowest BCUT2D eigenvalue weighted by molar-refractivity contribution is -0.134. The highest BCUT2D eigenvalue weighted by molar-refractivity contribution is 6.01. The lowest BCUT2D eigenvalue weighted by Gasteiger charge is -2.50. The fourth-order valence-corrected chi connectivity index (χ4v) is 6.11. The minimum absolute atomic E-state index is 0.226. The molecule has 7 nitrogen and oxygen atoms in total. The van der Waals surface area contributed by atoms with Crippen LogP contribution in [0.2, 0.25) is 0 Å². The lowest BCUT2D eigenvalue weighted by Crippen LogP contribution is -2.55. The first-order valence-corrected chi connectivity index (χ1v) is 13.7. The van der Waals surface area contributed by atoms with E-state index in [0.29, 0.717) is 43.6 Å². The molecule has 0 radical (unpaired) electrons. The number of rotatable bonds is 5. The van der Waals surface area contributed by atoms with Gasteiger partial charge in [-0.05, 0) is 55.5 Å². The Bertz CT molecular complexity index is 1530. The maximum absolute atomic E-state index is 16.2. The monoisotopic (exact) mass is 542 g/mol. The van der Waals surface area contributed by atoms with Gasteiger partial charge in [0.15, 0.2) is 0 Å². The van der Waals surface area contributed by atoms with Crippen molar-refractivity contribution in [2.45, 2.75) is 70.4 Å². The van der Waals surface area contributed by atoms with Gasteiger partial charge in [-0.3, -0.25) is 24.8 Å². The zero-order valence-corrected chi connectivity index (χ0v) is 23.4. The maximum atomic E-state index is 16.2. The van der Waals surface area contributed by atoms with Crippen LogP contribution in [0.15, 0.2) is 48.7 Å². The second kappa shape index (κ2) is 10.1. The predicted octanol–water partition coefficient (Wildman–Crippen LogP) is 4.81. The number of hydrogen-bond acceptors (Lipinski definition) is 6. The van der Waals surface area contributed by atoms with Gasteiger partial charge in [0.25, 0.3) is 0 Å². The van der Waals surface area contributed by atoms with Crippen molar-refractivity contribution in [2.24, 2.45) is 5.41 Å². The number of nitrogens with one attached hydrogen (secondary N) is 1. The Labute approximate surface area is 234 Å². The molecule has 3 heterocycles. The van der Waals surface area contributed by atoms with Crippen LogP contribution in [0.1, 0.15) is 75.1 Å². The number of halogens is 1. The molecular weight excluding hydrogens is 507 g/mol. The third-order valence-electron chi connectivity index (χ3n) is 8.80. The number of imide groups is 1. The fourth-order valence-electron chi connectivity index (χ4n) is 6.11. The molecule has 0 saturated carbocycles. The van der Waals surface area contributed by atoms with Gasteiger partial charge in [0.1, 0.15) is 5.82 Å². The van der Waals surface area contributed by atoms with Gasteiger partial charge >= 0.3 is 0 Å². The number of carbonyl (C=O) groups is 2. The van der Waals surface area contributed by atoms with E-state index in [1.165, 1.54) is 0 Å². The van der Waals surface area contributed by atoms with Crippen LogP contribution in [0.3, 0.4) is 0 Å². The summed E-state index contributed by atoms with van der Waals surface area (Å²) >= 11 is 0. The number of likely N-dealkylation sites (tertiary alicyclic amines) is 1. The normalized spacial score (nSPS) is 23.6. The number of benzene rings is 2. The molecule has 1 aromatic heterocycles. The van der Waals surface area contributed by atoms with Crippen LogP contribution in [-0.4, -0.2) is 39.9 Å². The Kier molecular flexibility index (Phi) is 7.01. The van der Waals surface area contributed by atoms with Crippen molar-refractivity contribution < 1.29 is 19.1 Å². The highest BCUT2D eigenvalue weighted by atomic mass is 19.1. The molecule has 2 unspecified atom stereocenters. The number of hydrogen-bond donors (Lipinski definition) is 2. The van der Waals surface area contributed by atoms with E-state index in [0.717, 1.165) is 11.1 Å². The lowest BCUT2D eigenvalue weighted by atomic mass is 9.66. The molecule has 2 aliphatic heterocycles. The summed E-state index contributed by atoms with van der Waals surface area (Å²) in [4.78, 5) is 30.6. The molecule has 2 fully saturated rings. The van der Waals surface area contributed by atoms with Crippen LogP contribution in [0.4, 0.5) is 4.39 Å². The number of aliphatic hydroxyl groups is 1. The molecule has 2 amide bonds. The minimum Gasteiger partial charge on any atom is -0.384 e. The Morgan fingerprint density at radius 1 is 1.20 bits per heavy atom. The molecule has 3 aromatic rings. The number of fused-ring (bicyclic) bond motifs is 1. The van der Waals surface area contributed by atoms with Crippen molar-refractivity contribution in [3.63, 3.8) is 0 Å². The van der Waals surface area contributed by atoms with E-state index < -0.39 is 34.1 Å². The minimum atomic E-state index is -1.41. The highest BCUT2D eigenvalue weighted by Crippen LogP contribution is 2.48. The van der Waals surface area contributed by atoms with Crippen LogP contribution in [-0.2, 0) is 27.1 Å². The number of carbonyl (C=O) groups excluding carboxylic acids is 2. The van der Waals surface area contributed by atoms with E-state index in [1.54, 1.807) is 24.4 Å². The van der Waals surface area contributed by atoms with Gasteiger partial charge in [-0.25, -0.2) is 4.39 Å². The first-order chi connectivity index (χ1) is 18.8. The Morgan fingerprint density at radius 2 is 1.93 bits per heavy atom. The molecule has 8 heteroatoms. The first-order valence-electron chi connectivity index (χ1n) is 13.7. The summed E-state index contributed by atoms with van der Waals surface area (Å²) in [6.45, 7) is 9.53. The van der Waals surface area contributed by atoms with Crippen LogP contribution >= 0.6 is 0 Å². The molecule has 0 spiro atoms. The molecule has 2 N–H and O–H groups in total. The quantitative estimate of drug-likeness (QED) is 0.448. The van der Waals surface area contributed by atoms with E-state index in [9.17, 15) is 20.0 Å².